The SMILES string of the molecule is [C-]#[N+]c1ccc(-c2ccc(Cn3ncc4c(Cl)ccc(C(=O)CC5CC6(CC(CC(=O)O)C6)C5)c43)cc2)cc1. The van der Waals surface area contributed by atoms with E-state index in [2.05, 4.69) is 34.2 Å². The number of aliphatic carboxylic acids is 1. The summed E-state index contributed by atoms with van der Waals surface area (Å²) in [5.41, 5.74) is 5.49. The van der Waals surface area contributed by atoms with Crippen LogP contribution in [0.4, 0.5) is 5.69 Å². The van der Waals surface area contributed by atoms with E-state index in [1.807, 2.05) is 35.0 Å². The highest BCUT2D eigenvalue weighted by molar-refractivity contribution is 6.36. The molecule has 0 bridgehead atoms. The first-order valence-corrected chi connectivity index (χ1v) is 13.7. The van der Waals surface area contributed by atoms with Crippen molar-refractivity contribution in [1.29, 1.82) is 0 Å². The predicted octanol–water partition coefficient (Wildman–Crippen LogP) is 7.81. The molecule has 2 aliphatic carbocycles. The minimum absolute atomic E-state index is 0.109. The highest BCUT2D eigenvalue weighted by atomic mass is 35.5. The second kappa shape index (κ2) is 9.98. The second-order valence-electron chi connectivity index (χ2n) is 11.3. The van der Waals surface area contributed by atoms with Crippen LogP contribution in [0.15, 0.2) is 66.9 Å². The van der Waals surface area contributed by atoms with Crippen LogP contribution in [-0.2, 0) is 11.3 Å². The summed E-state index contributed by atoms with van der Waals surface area (Å²) in [6.45, 7) is 7.63. The molecule has 1 aromatic heterocycles. The average molecular weight is 538 g/mol. The van der Waals surface area contributed by atoms with Gasteiger partial charge in [0, 0.05) is 23.8 Å². The molecule has 0 amide bonds. The van der Waals surface area contributed by atoms with E-state index in [1.165, 1.54) is 0 Å². The predicted molar refractivity (Wildman–Crippen MR) is 151 cm³/mol. The molecule has 1 spiro atoms. The van der Waals surface area contributed by atoms with E-state index in [-0.39, 0.29) is 17.6 Å². The van der Waals surface area contributed by atoms with Crippen molar-refractivity contribution in [2.24, 2.45) is 17.3 Å². The van der Waals surface area contributed by atoms with Gasteiger partial charge in [0.25, 0.3) is 0 Å². The topological polar surface area (TPSA) is 76.5 Å². The number of carbonyl (C=O) groups is 2. The lowest BCUT2D eigenvalue weighted by Crippen LogP contribution is -2.48. The molecule has 6 rings (SSSR count). The summed E-state index contributed by atoms with van der Waals surface area (Å²) in [6, 6.07) is 19.4. The number of carboxylic acid groups (broad SMARTS) is 1. The van der Waals surface area contributed by atoms with E-state index >= 15 is 0 Å². The maximum Gasteiger partial charge on any atom is 0.303 e. The number of carboxylic acids is 1. The lowest BCUT2D eigenvalue weighted by atomic mass is 9.47. The molecule has 6 nitrogen and oxygen atoms in total. The minimum atomic E-state index is -0.715. The normalized spacial score (nSPS) is 21.7. The Labute approximate surface area is 232 Å². The molecule has 7 heteroatoms. The number of fused-ring (bicyclic) bond motifs is 1. The van der Waals surface area contributed by atoms with E-state index < -0.39 is 5.97 Å². The van der Waals surface area contributed by atoms with Gasteiger partial charge < -0.3 is 5.11 Å². The molecule has 1 heterocycles. The van der Waals surface area contributed by atoms with E-state index in [4.69, 9.17) is 23.3 Å². The quantitative estimate of drug-likeness (QED) is 0.184. The molecule has 3 aromatic carbocycles. The number of halogens is 1. The average Bonchev–Trinajstić information content (AvgIpc) is 3.31. The van der Waals surface area contributed by atoms with Crippen LogP contribution in [0.25, 0.3) is 26.9 Å². The molecule has 2 fully saturated rings. The summed E-state index contributed by atoms with van der Waals surface area (Å²) in [4.78, 5) is 27.9. The van der Waals surface area contributed by atoms with E-state index in [1.54, 1.807) is 12.3 Å². The van der Waals surface area contributed by atoms with Crippen LogP contribution in [0, 0.1) is 23.8 Å². The molecule has 196 valence electrons. The number of nitrogens with zero attached hydrogens (tertiary/aromatic N) is 3. The molecule has 2 aliphatic rings. The molecular weight excluding hydrogens is 510 g/mol. The summed E-state index contributed by atoms with van der Waals surface area (Å²) < 4.78 is 1.86. The number of aromatic nitrogens is 2. The number of benzene rings is 3. The second-order valence-corrected chi connectivity index (χ2v) is 11.7. The first-order chi connectivity index (χ1) is 18.8. The molecule has 0 radical (unpaired) electrons. The Bertz CT molecular complexity index is 1600. The Morgan fingerprint density at radius 3 is 2.18 bits per heavy atom. The van der Waals surface area contributed by atoms with Gasteiger partial charge in [-0.05, 0) is 71.8 Å². The van der Waals surface area contributed by atoms with Crippen molar-refractivity contribution in [3.63, 3.8) is 0 Å². The fourth-order valence-corrected chi connectivity index (χ4v) is 6.99. The van der Waals surface area contributed by atoms with Gasteiger partial charge in [-0.15, -0.1) is 0 Å². The Kier molecular flexibility index (Phi) is 6.48. The molecule has 39 heavy (non-hydrogen) atoms. The first-order valence-electron chi connectivity index (χ1n) is 13.3. The van der Waals surface area contributed by atoms with Crippen LogP contribution in [-0.4, -0.2) is 26.6 Å². The first kappa shape index (κ1) is 25.3. The zero-order valence-electron chi connectivity index (χ0n) is 21.4. The lowest BCUT2D eigenvalue weighted by Gasteiger charge is -2.58. The van der Waals surface area contributed by atoms with Crippen LogP contribution >= 0.6 is 11.6 Å². The van der Waals surface area contributed by atoms with Crippen molar-refractivity contribution >= 4 is 39.9 Å². The van der Waals surface area contributed by atoms with Crippen molar-refractivity contribution in [3.8, 4) is 11.1 Å². The number of ketones is 1. The van der Waals surface area contributed by atoms with E-state index in [0.717, 1.165) is 53.3 Å². The number of Topliss-reactive ketones (excluding diaryl/α,β-unsaturated/α-hetero) is 1. The largest absolute Gasteiger partial charge is 0.481 e. The minimum Gasteiger partial charge on any atom is -0.481 e. The maximum absolute atomic E-state index is 13.5. The molecular formula is C32H28ClN3O3. The van der Waals surface area contributed by atoms with Gasteiger partial charge in [-0.3, -0.25) is 14.3 Å². The summed E-state index contributed by atoms with van der Waals surface area (Å²) >= 11 is 6.49. The smallest absolute Gasteiger partial charge is 0.303 e. The third-order valence-corrected chi connectivity index (χ3v) is 8.82. The van der Waals surface area contributed by atoms with Crippen LogP contribution in [0.3, 0.4) is 0 Å². The zero-order valence-corrected chi connectivity index (χ0v) is 22.2. The van der Waals surface area contributed by atoms with Gasteiger partial charge in [-0.25, -0.2) is 4.85 Å². The summed E-state index contributed by atoms with van der Waals surface area (Å²) in [5.74, 6) is 0.0378. The lowest BCUT2D eigenvalue weighted by molar-refractivity contribution is -0.142. The summed E-state index contributed by atoms with van der Waals surface area (Å²) in [6.07, 6.45) is 6.47. The molecule has 0 unspecified atom stereocenters. The Morgan fingerprint density at radius 2 is 1.56 bits per heavy atom. The van der Waals surface area contributed by atoms with Crippen molar-refractivity contribution in [1.82, 2.24) is 9.78 Å². The molecule has 0 saturated heterocycles. The maximum atomic E-state index is 13.5. The summed E-state index contributed by atoms with van der Waals surface area (Å²) in [7, 11) is 0. The number of carbonyl (C=O) groups excluding carboxylic acids is 1. The fourth-order valence-electron chi connectivity index (χ4n) is 6.79. The van der Waals surface area contributed by atoms with E-state index in [0.29, 0.717) is 41.1 Å². The van der Waals surface area contributed by atoms with Gasteiger partial charge >= 0.3 is 5.97 Å². The van der Waals surface area contributed by atoms with Crippen molar-refractivity contribution in [2.75, 3.05) is 0 Å². The van der Waals surface area contributed by atoms with Crippen LogP contribution in [0.5, 0.6) is 0 Å². The van der Waals surface area contributed by atoms with Gasteiger partial charge in [0.2, 0.25) is 0 Å². The standard InChI is InChI=1S/C32H28ClN3O3/c1-34-25-8-6-24(7-9-25)23-4-2-20(3-5-23)19-36-31-26(10-11-28(33)27(31)18-35-36)29(37)12-21-14-32(15-21)16-22(17-32)13-30(38)39/h2-11,18,21-22H,12-17,19H2,(H,38,39). The van der Waals surface area contributed by atoms with Gasteiger partial charge in [0.15, 0.2) is 11.5 Å². The fraction of sp³-hybridized carbons (Fsp3) is 0.312. The highest BCUT2D eigenvalue weighted by Gasteiger charge is 2.53. The zero-order chi connectivity index (χ0) is 27.1. The molecule has 1 N–H and O–H groups in total. The number of rotatable bonds is 8. The van der Waals surface area contributed by atoms with Gasteiger partial charge in [-0.1, -0.05) is 60.1 Å². The molecule has 2 saturated carbocycles. The third-order valence-electron chi connectivity index (χ3n) is 8.49. The molecule has 0 aliphatic heterocycles. The summed E-state index contributed by atoms with van der Waals surface area (Å²) in [5, 5.41) is 15.0. The van der Waals surface area contributed by atoms with Gasteiger partial charge in [0.1, 0.15) is 0 Å². The van der Waals surface area contributed by atoms with Gasteiger partial charge in [-0.2, -0.15) is 5.10 Å². The monoisotopic (exact) mass is 537 g/mol. The Balaban J connectivity index is 1.16. The number of hydrogen-bond donors (Lipinski definition) is 1. The molecule has 0 atom stereocenters. The molecule has 4 aromatic rings. The van der Waals surface area contributed by atoms with Crippen molar-refractivity contribution in [3.05, 3.63) is 94.4 Å². The van der Waals surface area contributed by atoms with Crippen LogP contribution in [0.1, 0.15) is 54.4 Å². The van der Waals surface area contributed by atoms with Crippen LogP contribution in [0.2, 0.25) is 5.02 Å². The highest BCUT2D eigenvalue weighted by Crippen LogP contribution is 2.62. The van der Waals surface area contributed by atoms with E-state index in [9.17, 15) is 9.59 Å². The third kappa shape index (κ3) is 4.95. The Hall–Kier alpha value is -3.95. The Morgan fingerprint density at radius 1 is 0.949 bits per heavy atom. The van der Waals surface area contributed by atoms with Crippen molar-refractivity contribution < 1.29 is 14.7 Å². The number of hydrogen-bond acceptors (Lipinski definition) is 3. The van der Waals surface area contributed by atoms with Crippen LogP contribution < -0.4 is 0 Å². The van der Waals surface area contributed by atoms with Gasteiger partial charge in [0.05, 0.1) is 29.9 Å². The van der Waals surface area contributed by atoms with Crippen molar-refractivity contribution in [2.45, 2.75) is 45.1 Å².